The molecule has 2 aromatic rings. The molecule has 0 atom stereocenters. The minimum atomic E-state index is 0.541. The van der Waals surface area contributed by atoms with E-state index in [9.17, 15) is 0 Å². The molecule has 1 N–H and O–H groups in total. The van der Waals surface area contributed by atoms with Gasteiger partial charge in [0.2, 0.25) is 0 Å². The molecule has 4 heteroatoms. The molecule has 2 aromatic heterocycles. The summed E-state index contributed by atoms with van der Waals surface area (Å²) in [6, 6.07) is 3.71. The number of nitrogens with one attached hydrogen (secondary N) is 1. The Hall–Kier alpha value is -1.09. The molecule has 3 rings (SSSR count). The highest BCUT2D eigenvalue weighted by atomic mass is 35.5. The zero-order valence-electron chi connectivity index (χ0n) is 7.63. The molecule has 0 bridgehead atoms. The predicted octanol–water partition coefficient (Wildman–Crippen LogP) is 2.88. The minimum absolute atomic E-state index is 0.541. The Balaban J connectivity index is 2.18. The van der Waals surface area contributed by atoms with Crippen LogP contribution in [0, 0.1) is 0 Å². The lowest BCUT2D eigenvalue weighted by Crippen LogP contribution is -2.09. The van der Waals surface area contributed by atoms with E-state index in [0.717, 1.165) is 16.7 Å². The highest BCUT2D eigenvalue weighted by Gasteiger charge is 2.24. The smallest absolute Gasteiger partial charge is 0.129 e. The molecule has 1 aliphatic rings. The Bertz CT molecular complexity index is 473. The molecule has 0 aromatic carbocycles. The van der Waals surface area contributed by atoms with Gasteiger partial charge in [-0.3, -0.25) is 5.10 Å². The van der Waals surface area contributed by atoms with Crippen molar-refractivity contribution in [2.45, 2.75) is 25.2 Å². The summed E-state index contributed by atoms with van der Waals surface area (Å²) in [6.07, 6.45) is 3.77. The number of hydrogen-bond acceptors (Lipinski definition) is 2. The third-order valence-corrected chi connectivity index (χ3v) is 3.10. The van der Waals surface area contributed by atoms with Crippen molar-refractivity contribution in [2.75, 3.05) is 0 Å². The summed E-state index contributed by atoms with van der Waals surface area (Å²) in [5, 5.41) is 7.85. The molecule has 0 aliphatic heterocycles. The zero-order chi connectivity index (χ0) is 9.54. The lowest BCUT2D eigenvalue weighted by Gasteiger charge is -2.23. The molecule has 3 nitrogen and oxygen atoms in total. The number of pyridine rings is 1. The lowest BCUT2D eigenvalue weighted by molar-refractivity contribution is 0.412. The van der Waals surface area contributed by atoms with Gasteiger partial charge in [-0.05, 0) is 25.0 Å². The molecule has 1 saturated carbocycles. The third kappa shape index (κ3) is 1.12. The topological polar surface area (TPSA) is 41.6 Å². The summed E-state index contributed by atoms with van der Waals surface area (Å²) in [4.78, 5) is 4.31. The Kier molecular flexibility index (Phi) is 1.74. The lowest BCUT2D eigenvalue weighted by atomic mass is 9.82. The predicted molar refractivity (Wildman–Crippen MR) is 55.5 cm³/mol. The first kappa shape index (κ1) is 8.24. The van der Waals surface area contributed by atoms with Crippen molar-refractivity contribution in [1.82, 2.24) is 15.2 Å². The summed E-state index contributed by atoms with van der Waals surface area (Å²) in [5.74, 6) is 0.592. The second kappa shape index (κ2) is 2.95. The van der Waals surface area contributed by atoms with Crippen molar-refractivity contribution >= 4 is 22.6 Å². The largest absolute Gasteiger partial charge is 0.276 e. The van der Waals surface area contributed by atoms with E-state index in [0.29, 0.717) is 11.1 Å². The van der Waals surface area contributed by atoms with Crippen molar-refractivity contribution in [2.24, 2.45) is 0 Å². The Labute approximate surface area is 86.5 Å². The van der Waals surface area contributed by atoms with E-state index in [1.54, 1.807) is 6.07 Å². The summed E-state index contributed by atoms with van der Waals surface area (Å²) >= 11 is 5.86. The number of aromatic nitrogens is 3. The highest BCUT2D eigenvalue weighted by Crippen LogP contribution is 2.37. The molecule has 0 saturated heterocycles. The van der Waals surface area contributed by atoms with Gasteiger partial charge in [0.15, 0.2) is 0 Å². The molecule has 1 fully saturated rings. The summed E-state index contributed by atoms with van der Waals surface area (Å²) in [6.45, 7) is 0. The van der Waals surface area contributed by atoms with Crippen LogP contribution in [0.1, 0.15) is 30.9 Å². The van der Waals surface area contributed by atoms with E-state index in [2.05, 4.69) is 15.2 Å². The molecular weight excluding hydrogens is 198 g/mol. The van der Waals surface area contributed by atoms with Crippen molar-refractivity contribution in [3.05, 3.63) is 23.0 Å². The Morgan fingerprint density at radius 2 is 2.21 bits per heavy atom. The number of rotatable bonds is 1. The molecule has 14 heavy (non-hydrogen) atoms. The summed E-state index contributed by atoms with van der Waals surface area (Å²) in [7, 11) is 0. The van der Waals surface area contributed by atoms with E-state index >= 15 is 0 Å². The fourth-order valence-corrected chi connectivity index (χ4v) is 2.01. The van der Waals surface area contributed by atoms with Crippen LogP contribution >= 0.6 is 11.6 Å². The number of hydrogen-bond donors (Lipinski definition) is 1. The van der Waals surface area contributed by atoms with Gasteiger partial charge in [-0.25, -0.2) is 4.98 Å². The number of H-pyrrole nitrogens is 1. The maximum Gasteiger partial charge on any atom is 0.129 e. The van der Waals surface area contributed by atoms with Crippen LogP contribution in [-0.4, -0.2) is 15.2 Å². The Morgan fingerprint density at radius 1 is 1.36 bits per heavy atom. The Morgan fingerprint density at radius 3 is 2.93 bits per heavy atom. The quantitative estimate of drug-likeness (QED) is 0.731. The van der Waals surface area contributed by atoms with Crippen LogP contribution in [-0.2, 0) is 0 Å². The molecule has 0 unspecified atom stereocenters. The summed E-state index contributed by atoms with van der Waals surface area (Å²) in [5.41, 5.74) is 3.02. The average Bonchev–Trinajstić information content (AvgIpc) is 2.46. The van der Waals surface area contributed by atoms with Gasteiger partial charge in [0.1, 0.15) is 10.7 Å². The SMILES string of the molecule is Clc1ccc2[nH]nc(C3CCC3)c2n1. The van der Waals surface area contributed by atoms with Gasteiger partial charge in [0.05, 0.1) is 11.2 Å². The number of nitrogens with zero attached hydrogens (tertiary/aromatic N) is 2. The number of halogens is 1. The van der Waals surface area contributed by atoms with Crippen molar-refractivity contribution in [3.63, 3.8) is 0 Å². The van der Waals surface area contributed by atoms with Crippen LogP contribution in [0.5, 0.6) is 0 Å². The fraction of sp³-hybridized carbons (Fsp3) is 0.400. The van der Waals surface area contributed by atoms with Gasteiger partial charge in [-0.15, -0.1) is 0 Å². The molecule has 0 amide bonds. The van der Waals surface area contributed by atoms with E-state index in [1.807, 2.05) is 6.07 Å². The first-order valence-electron chi connectivity index (χ1n) is 4.85. The van der Waals surface area contributed by atoms with Gasteiger partial charge in [0, 0.05) is 5.92 Å². The maximum atomic E-state index is 5.86. The van der Waals surface area contributed by atoms with Crippen LogP contribution in [0.2, 0.25) is 5.15 Å². The van der Waals surface area contributed by atoms with Gasteiger partial charge in [0.25, 0.3) is 0 Å². The second-order valence-electron chi connectivity index (χ2n) is 3.77. The zero-order valence-corrected chi connectivity index (χ0v) is 8.38. The third-order valence-electron chi connectivity index (χ3n) is 2.89. The second-order valence-corrected chi connectivity index (χ2v) is 4.15. The van der Waals surface area contributed by atoms with Gasteiger partial charge < -0.3 is 0 Å². The van der Waals surface area contributed by atoms with Crippen molar-refractivity contribution < 1.29 is 0 Å². The standard InChI is InChI=1S/C10H10ClN3/c11-8-5-4-7-10(12-8)9(14-13-7)6-2-1-3-6/h4-6H,1-3H2,(H,13,14). The first-order chi connectivity index (χ1) is 6.84. The van der Waals surface area contributed by atoms with Crippen LogP contribution in [0.15, 0.2) is 12.1 Å². The minimum Gasteiger partial charge on any atom is -0.276 e. The molecule has 1 aliphatic carbocycles. The first-order valence-corrected chi connectivity index (χ1v) is 5.23. The average molecular weight is 208 g/mol. The van der Waals surface area contributed by atoms with Crippen LogP contribution in [0.25, 0.3) is 11.0 Å². The van der Waals surface area contributed by atoms with Gasteiger partial charge in [-0.2, -0.15) is 5.10 Å². The normalized spacial score (nSPS) is 17.2. The van der Waals surface area contributed by atoms with E-state index in [1.165, 1.54) is 19.3 Å². The number of fused-ring (bicyclic) bond motifs is 1. The number of aromatic amines is 1. The molecule has 72 valence electrons. The van der Waals surface area contributed by atoms with E-state index < -0.39 is 0 Å². The monoisotopic (exact) mass is 207 g/mol. The van der Waals surface area contributed by atoms with Gasteiger partial charge in [-0.1, -0.05) is 18.0 Å². The van der Waals surface area contributed by atoms with Crippen LogP contribution in [0.3, 0.4) is 0 Å². The van der Waals surface area contributed by atoms with Crippen molar-refractivity contribution in [3.8, 4) is 0 Å². The molecule has 2 heterocycles. The summed E-state index contributed by atoms with van der Waals surface area (Å²) < 4.78 is 0. The molecular formula is C10H10ClN3. The molecule has 0 spiro atoms. The van der Waals surface area contributed by atoms with Crippen LogP contribution < -0.4 is 0 Å². The van der Waals surface area contributed by atoms with Crippen molar-refractivity contribution in [1.29, 1.82) is 0 Å². The van der Waals surface area contributed by atoms with E-state index in [4.69, 9.17) is 11.6 Å². The molecule has 0 radical (unpaired) electrons. The maximum absolute atomic E-state index is 5.86. The van der Waals surface area contributed by atoms with Crippen LogP contribution in [0.4, 0.5) is 0 Å². The highest BCUT2D eigenvalue weighted by molar-refractivity contribution is 6.29. The van der Waals surface area contributed by atoms with E-state index in [-0.39, 0.29) is 0 Å². The fourth-order valence-electron chi connectivity index (χ4n) is 1.86. The van der Waals surface area contributed by atoms with Gasteiger partial charge >= 0.3 is 0 Å².